The van der Waals surface area contributed by atoms with Crippen molar-refractivity contribution in [3.8, 4) is 0 Å². The highest BCUT2D eigenvalue weighted by Crippen LogP contribution is 2.89. The van der Waals surface area contributed by atoms with E-state index in [9.17, 15) is 4.79 Å². The van der Waals surface area contributed by atoms with Crippen molar-refractivity contribution in [3.63, 3.8) is 0 Å². The summed E-state index contributed by atoms with van der Waals surface area (Å²) in [5.74, 6) is 2.22. The summed E-state index contributed by atoms with van der Waals surface area (Å²) in [6.45, 7) is 18.4. The predicted octanol–water partition coefficient (Wildman–Crippen LogP) is 6.93. The first-order valence-corrected chi connectivity index (χ1v) is 12.3. The summed E-state index contributed by atoms with van der Waals surface area (Å²) in [4.78, 5) is 11.7. The van der Waals surface area contributed by atoms with Crippen molar-refractivity contribution in [3.05, 3.63) is 12.2 Å². The molecule has 5 saturated carbocycles. The highest BCUT2D eigenvalue weighted by molar-refractivity contribution is 5.66. The van der Waals surface area contributed by atoms with Crippen LogP contribution in [0.2, 0.25) is 0 Å². The van der Waals surface area contributed by atoms with Crippen LogP contribution in [-0.2, 0) is 9.53 Å². The maximum atomic E-state index is 11.7. The number of carbonyl (C=O) groups is 1. The molecule has 0 heterocycles. The molecular formula is C27H42O2. The Hall–Kier alpha value is -0.790. The quantitative estimate of drug-likeness (QED) is 0.372. The standard InChI is InChI=1S/C27H42O2/c1-17(2)19-10-12-25(7)21-9-8-20-23(4,5)22(29-18(3)28)11-13-26(20)16-27(21,26)15-14-24(19,25)6/h19-22H,1,8-16H2,2-7H3/t19-,20?,21?,22+,24-,25+,26-,27+/m1/s1. The van der Waals surface area contributed by atoms with Crippen LogP contribution in [0.3, 0.4) is 0 Å². The molecule has 162 valence electrons. The van der Waals surface area contributed by atoms with Crippen LogP contribution >= 0.6 is 0 Å². The number of fused-ring (bicyclic) bond motifs is 2. The van der Waals surface area contributed by atoms with Gasteiger partial charge in [-0.2, -0.15) is 0 Å². The molecule has 5 rings (SSSR count). The Morgan fingerprint density at radius 1 is 0.828 bits per heavy atom. The van der Waals surface area contributed by atoms with Gasteiger partial charge in [0.1, 0.15) is 6.10 Å². The van der Waals surface area contributed by atoms with Crippen molar-refractivity contribution in [2.75, 3.05) is 0 Å². The Bertz CT molecular complexity index is 766. The number of hydrogen-bond donors (Lipinski definition) is 0. The molecule has 29 heavy (non-hydrogen) atoms. The minimum absolute atomic E-state index is 0.101. The third-order valence-corrected chi connectivity index (χ3v) is 11.9. The van der Waals surface area contributed by atoms with Crippen molar-refractivity contribution in [1.82, 2.24) is 0 Å². The minimum atomic E-state index is -0.101. The fourth-order valence-electron chi connectivity index (χ4n) is 10.5. The highest BCUT2D eigenvalue weighted by Gasteiger charge is 2.82. The second-order valence-electron chi connectivity index (χ2n) is 12.9. The topological polar surface area (TPSA) is 26.3 Å². The highest BCUT2D eigenvalue weighted by atomic mass is 16.5. The summed E-state index contributed by atoms with van der Waals surface area (Å²) in [6.07, 6.45) is 12.2. The largest absolute Gasteiger partial charge is 0.462 e. The Morgan fingerprint density at radius 2 is 1.48 bits per heavy atom. The van der Waals surface area contributed by atoms with E-state index in [1.165, 1.54) is 56.9 Å². The van der Waals surface area contributed by atoms with Crippen LogP contribution in [-0.4, -0.2) is 12.1 Å². The summed E-state index contributed by atoms with van der Waals surface area (Å²) in [6, 6.07) is 0. The second kappa shape index (κ2) is 5.71. The van der Waals surface area contributed by atoms with Crippen molar-refractivity contribution in [1.29, 1.82) is 0 Å². The molecule has 5 aliphatic rings. The lowest BCUT2D eigenvalue weighted by atomic mass is 9.42. The van der Waals surface area contributed by atoms with Crippen LogP contribution in [0.25, 0.3) is 0 Å². The number of allylic oxidation sites excluding steroid dienone is 1. The first-order chi connectivity index (χ1) is 13.4. The summed E-state index contributed by atoms with van der Waals surface area (Å²) >= 11 is 0. The molecule has 5 aliphatic carbocycles. The maximum absolute atomic E-state index is 11.7. The third kappa shape index (κ3) is 2.17. The molecule has 2 unspecified atom stereocenters. The molecule has 2 nitrogen and oxygen atoms in total. The zero-order valence-corrected chi connectivity index (χ0v) is 19.7. The molecule has 5 fully saturated rings. The van der Waals surface area contributed by atoms with Gasteiger partial charge < -0.3 is 4.74 Å². The molecule has 0 radical (unpaired) electrons. The van der Waals surface area contributed by atoms with E-state index in [-0.39, 0.29) is 17.5 Å². The Labute approximate surface area is 178 Å². The van der Waals surface area contributed by atoms with E-state index in [0.717, 1.165) is 18.3 Å². The zero-order chi connectivity index (χ0) is 21.0. The van der Waals surface area contributed by atoms with Gasteiger partial charge in [0.25, 0.3) is 0 Å². The molecule has 0 aromatic rings. The van der Waals surface area contributed by atoms with Gasteiger partial charge in [-0.15, -0.1) is 0 Å². The number of hydrogen-bond acceptors (Lipinski definition) is 2. The average molecular weight is 399 g/mol. The van der Waals surface area contributed by atoms with E-state index < -0.39 is 0 Å². The van der Waals surface area contributed by atoms with Gasteiger partial charge in [0.2, 0.25) is 0 Å². The molecule has 2 spiro atoms. The van der Waals surface area contributed by atoms with Crippen LogP contribution in [0, 0.1) is 44.8 Å². The van der Waals surface area contributed by atoms with Crippen LogP contribution < -0.4 is 0 Å². The smallest absolute Gasteiger partial charge is 0.302 e. The lowest BCUT2D eigenvalue weighted by molar-refractivity contribution is -0.179. The van der Waals surface area contributed by atoms with Gasteiger partial charge in [-0.05, 0) is 104 Å². The van der Waals surface area contributed by atoms with E-state index in [0.29, 0.717) is 27.6 Å². The van der Waals surface area contributed by atoms with Gasteiger partial charge in [0, 0.05) is 12.3 Å². The first-order valence-electron chi connectivity index (χ1n) is 12.3. The van der Waals surface area contributed by atoms with Gasteiger partial charge >= 0.3 is 5.97 Å². The molecule has 0 amide bonds. The Balaban J connectivity index is 1.49. The summed E-state index contributed by atoms with van der Waals surface area (Å²) in [5, 5.41) is 0. The lowest BCUT2D eigenvalue weighted by Crippen LogP contribution is -2.57. The fourth-order valence-corrected chi connectivity index (χ4v) is 10.5. The van der Waals surface area contributed by atoms with Gasteiger partial charge in [-0.3, -0.25) is 4.79 Å². The van der Waals surface area contributed by atoms with Crippen LogP contribution in [0.4, 0.5) is 0 Å². The fraction of sp³-hybridized carbons (Fsp3) is 0.889. The van der Waals surface area contributed by atoms with Crippen LogP contribution in [0.1, 0.15) is 99.3 Å². The molecule has 2 heteroatoms. The van der Waals surface area contributed by atoms with Crippen LogP contribution in [0.15, 0.2) is 12.2 Å². The molecular weight excluding hydrogens is 356 g/mol. The normalized spacial score (nSPS) is 54.4. The summed E-state index contributed by atoms with van der Waals surface area (Å²) in [7, 11) is 0. The van der Waals surface area contributed by atoms with E-state index >= 15 is 0 Å². The maximum Gasteiger partial charge on any atom is 0.302 e. The van der Waals surface area contributed by atoms with Gasteiger partial charge in [-0.25, -0.2) is 0 Å². The number of ether oxygens (including phenoxy) is 1. The average Bonchev–Trinajstić information content (AvgIpc) is 3.20. The zero-order valence-electron chi connectivity index (χ0n) is 19.7. The Morgan fingerprint density at radius 3 is 2.14 bits per heavy atom. The first kappa shape index (κ1) is 20.1. The molecule has 8 atom stereocenters. The molecule has 0 bridgehead atoms. The van der Waals surface area contributed by atoms with Gasteiger partial charge in [-0.1, -0.05) is 39.8 Å². The number of esters is 1. The summed E-state index contributed by atoms with van der Waals surface area (Å²) < 4.78 is 5.85. The van der Waals surface area contributed by atoms with Crippen molar-refractivity contribution in [2.45, 2.75) is 105 Å². The molecule has 0 aromatic carbocycles. The number of rotatable bonds is 2. The van der Waals surface area contributed by atoms with Crippen molar-refractivity contribution >= 4 is 5.97 Å². The monoisotopic (exact) mass is 398 g/mol. The summed E-state index contributed by atoms with van der Waals surface area (Å²) in [5.41, 5.74) is 3.55. The molecule has 0 N–H and O–H groups in total. The van der Waals surface area contributed by atoms with E-state index in [1.807, 2.05) is 0 Å². The predicted molar refractivity (Wildman–Crippen MR) is 117 cm³/mol. The number of carbonyl (C=O) groups excluding carboxylic acids is 1. The minimum Gasteiger partial charge on any atom is -0.462 e. The van der Waals surface area contributed by atoms with Gasteiger partial charge in [0.05, 0.1) is 0 Å². The van der Waals surface area contributed by atoms with Crippen molar-refractivity contribution < 1.29 is 9.53 Å². The molecule has 0 aromatic heterocycles. The SMILES string of the molecule is C=C(C)[C@H]1CC[C@@]2(C)C3CCC4C(C)(C)[C@@H](OC(C)=O)CC[C@@]45C[C@@]35CC[C@]12C. The lowest BCUT2D eigenvalue weighted by Gasteiger charge is -2.63. The molecule has 0 saturated heterocycles. The molecule has 0 aliphatic heterocycles. The van der Waals surface area contributed by atoms with Crippen molar-refractivity contribution in [2.24, 2.45) is 44.8 Å². The Kier molecular flexibility index (Phi) is 3.96. The van der Waals surface area contributed by atoms with Gasteiger partial charge in [0.15, 0.2) is 0 Å². The van der Waals surface area contributed by atoms with Crippen LogP contribution in [0.5, 0.6) is 0 Å². The van der Waals surface area contributed by atoms with E-state index in [4.69, 9.17) is 4.74 Å². The van der Waals surface area contributed by atoms with E-state index in [1.54, 1.807) is 6.92 Å². The second-order valence-corrected chi connectivity index (χ2v) is 12.9. The van der Waals surface area contributed by atoms with E-state index in [2.05, 4.69) is 41.2 Å². The third-order valence-electron chi connectivity index (χ3n) is 11.9.